The molecule has 120 valence electrons. The molecular weight excluding hydrogens is 300 g/mol. The lowest BCUT2D eigenvalue weighted by Gasteiger charge is -2.10. The first-order chi connectivity index (χ1) is 11.8. The van der Waals surface area contributed by atoms with Gasteiger partial charge in [-0.2, -0.15) is 0 Å². The topological polar surface area (TPSA) is 66.9 Å². The van der Waals surface area contributed by atoms with Gasteiger partial charge in [-0.05, 0) is 24.1 Å². The number of amides is 1. The van der Waals surface area contributed by atoms with Crippen molar-refractivity contribution >= 4 is 17.4 Å². The van der Waals surface area contributed by atoms with Gasteiger partial charge in [-0.3, -0.25) is 4.79 Å². The van der Waals surface area contributed by atoms with Crippen molar-refractivity contribution in [3.63, 3.8) is 0 Å². The fraction of sp³-hybridized carbons (Fsp3) is 0.105. The quantitative estimate of drug-likeness (QED) is 0.731. The Bertz CT molecular complexity index is 791. The van der Waals surface area contributed by atoms with Crippen LogP contribution in [-0.2, 0) is 6.42 Å². The van der Waals surface area contributed by atoms with Gasteiger partial charge in [0.1, 0.15) is 0 Å². The van der Waals surface area contributed by atoms with Crippen LogP contribution in [0.5, 0.6) is 0 Å². The summed E-state index contributed by atoms with van der Waals surface area (Å²) in [4.78, 5) is 20.8. The number of hydrogen-bond acceptors (Lipinski definition) is 4. The molecule has 3 rings (SSSR count). The van der Waals surface area contributed by atoms with Gasteiger partial charge in [0.2, 0.25) is 0 Å². The van der Waals surface area contributed by atoms with Gasteiger partial charge in [-0.15, -0.1) is 0 Å². The van der Waals surface area contributed by atoms with Crippen LogP contribution in [0.15, 0.2) is 73.1 Å². The third-order valence-electron chi connectivity index (χ3n) is 3.49. The van der Waals surface area contributed by atoms with Crippen molar-refractivity contribution < 1.29 is 4.79 Å². The number of carbonyl (C=O) groups is 1. The minimum Gasteiger partial charge on any atom is -0.368 e. The van der Waals surface area contributed by atoms with Gasteiger partial charge in [0, 0.05) is 24.6 Å². The van der Waals surface area contributed by atoms with Gasteiger partial charge >= 0.3 is 0 Å². The van der Waals surface area contributed by atoms with Crippen LogP contribution < -0.4 is 10.6 Å². The smallest absolute Gasteiger partial charge is 0.278 e. The van der Waals surface area contributed by atoms with E-state index in [0.717, 1.165) is 12.1 Å². The number of para-hydroxylation sites is 1. The molecule has 0 spiro atoms. The zero-order valence-corrected chi connectivity index (χ0v) is 13.1. The number of hydrogen-bond donors (Lipinski definition) is 2. The standard InChI is InChI=1S/C19H18N4O/c24-19(23-16-9-5-2-6-10-16)17-18(22-14-13-20-17)21-12-11-15-7-3-1-4-8-15/h1-10,13-14H,11-12H2,(H,21,22)(H,23,24). The Morgan fingerprint density at radius 1 is 0.875 bits per heavy atom. The van der Waals surface area contributed by atoms with E-state index in [9.17, 15) is 4.79 Å². The molecule has 5 nitrogen and oxygen atoms in total. The molecule has 24 heavy (non-hydrogen) atoms. The highest BCUT2D eigenvalue weighted by molar-refractivity contribution is 6.05. The Balaban J connectivity index is 1.65. The summed E-state index contributed by atoms with van der Waals surface area (Å²) < 4.78 is 0. The number of nitrogens with one attached hydrogen (secondary N) is 2. The van der Waals surface area contributed by atoms with Gasteiger partial charge in [0.15, 0.2) is 11.5 Å². The summed E-state index contributed by atoms with van der Waals surface area (Å²) in [5.41, 5.74) is 2.24. The molecule has 0 aliphatic carbocycles. The van der Waals surface area contributed by atoms with Gasteiger partial charge in [0.05, 0.1) is 0 Å². The van der Waals surface area contributed by atoms with Crippen LogP contribution in [0.2, 0.25) is 0 Å². The average molecular weight is 318 g/mol. The second kappa shape index (κ2) is 7.87. The van der Waals surface area contributed by atoms with Crippen LogP contribution in [-0.4, -0.2) is 22.4 Å². The number of aromatic nitrogens is 2. The highest BCUT2D eigenvalue weighted by Crippen LogP contribution is 2.12. The Morgan fingerprint density at radius 2 is 1.54 bits per heavy atom. The van der Waals surface area contributed by atoms with Crippen LogP contribution in [0.4, 0.5) is 11.5 Å². The van der Waals surface area contributed by atoms with Crippen LogP contribution in [0, 0.1) is 0 Å². The molecule has 0 aliphatic heterocycles. The average Bonchev–Trinajstić information content (AvgIpc) is 2.64. The van der Waals surface area contributed by atoms with E-state index < -0.39 is 0 Å². The predicted molar refractivity (Wildman–Crippen MR) is 95.1 cm³/mol. The molecule has 0 fully saturated rings. The monoisotopic (exact) mass is 318 g/mol. The molecule has 0 saturated carbocycles. The van der Waals surface area contributed by atoms with Crippen LogP contribution >= 0.6 is 0 Å². The highest BCUT2D eigenvalue weighted by Gasteiger charge is 2.14. The van der Waals surface area contributed by atoms with Gasteiger partial charge in [-0.1, -0.05) is 48.5 Å². The molecule has 1 amide bonds. The zero-order valence-electron chi connectivity index (χ0n) is 13.1. The van der Waals surface area contributed by atoms with E-state index in [1.807, 2.05) is 48.5 Å². The molecule has 0 unspecified atom stereocenters. The molecular formula is C19H18N4O. The number of carbonyl (C=O) groups excluding carboxylic acids is 1. The number of benzene rings is 2. The minimum atomic E-state index is -0.281. The summed E-state index contributed by atoms with van der Waals surface area (Å²) in [6, 6.07) is 19.4. The SMILES string of the molecule is O=C(Nc1ccccc1)c1nccnc1NCCc1ccccc1. The summed E-state index contributed by atoms with van der Waals surface area (Å²) in [5, 5.41) is 6.02. The number of anilines is 2. The van der Waals surface area contributed by atoms with E-state index in [1.54, 1.807) is 6.20 Å². The fourth-order valence-electron chi connectivity index (χ4n) is 2.32. The second-order valence-corrected chi connectivity index (χ2v) is 5.24. The lowest BCUT2D eigenvalue weighted by atomic mass is 10.1. The normalized spacial score (nSPS) is 10.2. The van der Waals surface area contributed by atoms with Crippen molar-refractivity contribution in [2.45, 2.75) is 6.42 Å². The maximum Gasteiger partial charge on any atom is 0.278 e. The first-order valence-corrected chi connectivity index (χ1v) is 7.78. The second-order valence-electron chi connectivity index (χ2n) is 5.24. The third kappa shape index (κ3) is 4.16. The molecule has 0 saturated heterocycles. The molecule has 0 aliphatic rings. The van der Waals surface area contributed by atoms with E-state index in [-0.39, 0.29) is 11.6 Å². The van der Waals surface area contributed by atoms with Gasteiger partial charge < -0.3 is 10.6 Å². The highest BCUT2D eigenvalue weighted by atomic mass is 16.1. The van der Waals surface area contributed by atoms with E-state index >= 15 is 0 Å². The van der Waals surface area contributed by atoms with Crippen molar-refractivity contribution in [2.24, 2.45) is 0 Å². The lowest BCUT2D eigenvalue weighted by Crippen LogP contribution is -2.18. The van der Waals surface area contributed by atoms with Crippen LogP contribution in [0.3, 0.4) is 0 Å². The summed E-state index contributed by atoms with van der Waals surface area (Å²) in [7, 11) is 0. The Kier molecular flexibility index (Phi) is 5.14. The molecule has 0 bridgehead atoms. The van der Waals surface area contributed by atoms with E-state index in [1.165, 1.54) is 11.8 Å². The maximum absolute atomic E-state index is 12.4. The van der Waals surface area contributed by atoms with Crippen LogP contribution in [0.1, 0.15) is 16.1 Å². The summed E-state index contributed by atoms with van der Waals surface area (Å²) in [6.07, 6.45) is 3.93. The molecule has 3 aromatic rings. The van der Waals surface area contributed by atoms with Crippen molar-refractivity contribution in [3.05, 3.63) is 84.3 Å². The van der Waals surface area contributed by atoms with Gasteiger partial charge in [-0.25, -0.2) is 9.97 Å². The summed E-state index contributed by atoms with van der Waals surface area (Å²) in [5.74, 6) is 0.207. The molecule has 2 aromatic carbocycles. The molecule has 1 heterocycles. The van der Waals surface area contributed by atoms with Crippen molar-refractivity contribution in [1.29, 1.82) is 0 Å². The maximum atomic E-state index is 12.4. The van der Waals surface area contributed by atoms with E-state index in [4.69, 9.17) is 0 Å². The van der Waals surface area contributed by atoms with Gasteiger partial charge in [0.25, 0.3) is 5.91 Å². The zero-order chi connectivity index (χ0) is 16.6. The largest absolute Gasteiger partial charge is 0.368 e. The van der Waals surface area contributed by atoms with E-state index in [2.05, 4.69) is 32.7 Å². The first kappa shape index (κ1) is 15.7. The molecule has 5 heteroatoms. The van der Waals surface area contributed by atoms with Crippen LogP contribution in [0.25, 0.3) is 0 Å². The molecule has 0 atom stereocenters. The lowest BCUT2D eigenvalue weighted by molar-refractivity contribution is 0.102. The first-order valence-electron chi connectivity index (χ1n) is 7.78. The van der Waals surface area contributed by atoms with Crippen molar-refractivity contribution in [3.8, 4) is 0 Å². The summed E-state index contributed by atoms with van der Waals surface area (Å²) >= 11 is 0. The van der Waals surface area contributed by atoms with Crippen molar-refractivity contribution in [2.75, 3.05) is 17.2 Å². The minimum absolute atomic E-state index is 0.281. The Morgan fingerprint density at radius 3 is 2.29 bits per heavy atom. The number of nitrogens with zero attached hydrogens (tertiary/aromatic N) is 2. The van der Waals surface area contributed by atoms with E-state index in [0.29, 0.717) is 12.4 Å². The third-order valence-corrected chi connectivity index (χ3v) is 3.49. The number of rotatable bonds is 6. The fourth-order valence-corrected chi connectivity index (χ4v) is 2.32. The molecule has 1 aromatic heterocycles. The van der Waals surface area contributed by atoms with Crippen molar-refractivity contribution in [1.82, 2.24) is 9.97 Å². The predicted octanol–water partition coefficient (Wildman–Crippen LogP) is 3.38. The molecule has 2 N–H and O–H groups in total. The Hall–Kier alpha value is -3.21. The molecule has 0 radical (unpaired) electrons. The Labute approximate surface area is 140 Å². The summed E-state index contributed by atoms with van der Waals surface area (Å²) in [6.45, 7) is 0.675.